The average molecular weight is 224 g/mol. The van der Waals surface area contributed by atoms with E-state index in [4.69, 9.17) is 4.74 Å². The Bertz CT molecular complexity index is 316. The first kappa shape index (κ1) is 10.6. The molecule has 0 saturated heterocycles. The normalized spacial score (nSPS) is 54.1. The monoisotopic (exact) mass is 224 g/mol. The van der Waals surface area contributed by atoms with E-state index in [1.165, 1.54) is 6.92 Å². The smallest absolute Gasteiger partial charge is 0.303 e. The third kappa shape index (κ3) is 1.33. The van der Waals surface area contributed by atoms with Gasteiger partial charge in [0.05, 0.1) is 5.60 Å². The van der Waals surface area contributed by atoms with Crippen molar-refractivity contribution in [1.29, 1.82) is 0 Å². The zero-order valence-electron chi connectivity index (χ0n) is 10.0. The van der Waals surface area contributed by atoms with Crippen LogP contribution in [0.5, 0.6) is 0 Å². The highest BCUT2D eigenvalue weighted by Crippen LogP contribution is 2.60. The van der Waals surface area contributed by atoms with Gasteiger partial charge in [0.2, 0.25) is 0 Å². The fourth-order valence-electron chi connectivity index (χ4n) is 4.56. The molecule has 5 atom stereocenters. The zero-order chi connectivity index (χ0) is 11.6. The van der Waals surface area contributed by atoms with Crippen LogP contribution in [-0.2, 0) is 9.53 Å². The summed E-state index contributed by atoms with van der Waals surface area (Å²) < 4.78 is 5.59. The third-order valence-electron chi connectivity index (χ3n) is 5.15. The fourth-order valence-corrected chi connectivity index (χ4v) is 4.56. The summed E-state index contributed by atoms with van der Waals surface area (Å²) in [7, 11) is 0. The van der Waals surface area contributed by atoms with Gasteiger partial charge in [0.1, 0.15) is 5.60 Å². The number of aliphatic hydroxyl groups is 1. The van der Waals surface area contributed by atoms with E-state index in [0.717, 1.165) is 32.1 Å². The van der Waals surface area contributed by atoms with E-state index in [1.807, 2.05) is 6.92 Å². The highest BCUT2D eigenvalue weighted by Gasteiger charge is 2.61. The summed E-state index contributed by atoms with van der Waals surface area (Å²) in [5.74, 6) is 1.16. The van der Waals surface area contributed by atoms with Crippen molar-refractivity contribution in [3.63, 3.8) is 0 Å². The lowest BCUT2D eigenvalue weighted by Crippen LogP contribution is -2.63. The molecule has 4 aliphatic carbocycles. The van der Waals surface area contributed by atoms with Crippen LogP contribution >= 0.6 is 0 Å². The summed E-state index contributed by atoms with van der Waals surface area (Å²) in [5, 5.41) is 10.5. The Morgan fingerprint density at radius 2 is 1.81 bits per heavy atom. The summed E-state index contributed by atoms with van der Waals surface area (Å²) >= 11 is 0. The predicted molar refractivity (Wildman–Crippen MR) is 58.7 cm³/mol. The highest BCUT2D eigenvalue weighted by molar-refractivity contribution is 5.66. The van der Waals surface area contributed by atoms with E-state index < -0.39 is 5.60 Å². The summed E-state index contributed by atoms with van der Waals surface area (Å²) in [6, 6.07) is 0. The maximum absolute atomic E-state index is 11.2. The molecule has 90 valence electrons. The molecule has 0 aromatic heterocycles. The van der Waals surface area contributed by atoms with Crippen LogP contribution in [0, 0.1) is 17.8 Å². The van der Waals surface area contributed by atoms with Crippen molar-refractivity contribution >= 4 is 5.97 Å². The number of ether oxygens (including phenoxy) is 1. The van der Waals surface area contributed by atoms with Crippen LogP contribution in [0.25, 0.3) is 0 Å². The SMILES string of the molecule is CC(=O)OC12CC3C[C@H](C1)C(C)(O)[C@@H](C3)C2. The molecule has 0 aromatic rings. The van der Waals surface area contributed by atoms with Crippen molar-refractivity contribution in [3.05, 3.63) is 0 Å². The van der Waals surface area contributed by atoms with Gasteiger partial charge in [0, 0.05) is 6.92 Å². The maximum Gasteiger partial charge on any atom is 0.303 e. The van der Waals surface area contributed by atoms with E-state index in [9.17, 15) is 9.90 Å². The van der Waals surface area contributed by atoms with Gasteiger partial charge < -0.3 is 9.84 Å². The lowest BCUT2D eigenvalue weighted by molar-refractivity contribution is -0.232. The highest BCUT2D eigenvalue weighted by atomic mass is 16.6. The molecule has 0 heterocycles. The largest absolute Gasteiger partial charge is 0.459 e. The molecule has 0 spiro atoms. The lowest BCUT2D eigenvalue weighted by Gasteiger charge is -2.61. The summed E-state index contributed by atoms with van der Waals surface area (Å²) in [6.07, 6.45) is 4.99. The number of hydrogen-bond donors (Lipinski definition) is 1. The van der Waals surface area contributed by atoms with Crippen LogP contribution in [0.4, 0.5) is 0 Å². The van der Waals surface area contributed by atoms with Crippen molar-refractivity contribution < 1.29 is 14.6 Å². The topological polar surface area (TPSA) is 46.5 Å². The minimum Gasteiger partial charge on any atom is -0.459 e. The van der Waals surface area contributed by atoms with Crippen molar-refractivity contribution in [1.82, 2.24) is 0 Å². The van der Waals surface area contributed by atoms with Crippen molar-refractivity contribution in [2.45, 2.75) is 57.2 Å². The Labute approximate surface area is 96.2 Å². The molecule has 4 bridgehead atoms. The Hall–Kier alpha value is -0.570. The fraction of sp³-hybridized carbons (Fsp3) is 0.923. The van der Waals surface area contributed by atoms with Gasteiger partial charge in [-0.1, -0.05) is 0 Å². The number of carbonyl (C=O) groups is 1. The second kappa shape index (κ2) is 3.00. The Morgan fingerprint density at radius 3 is 2.31 bits per heavy atom. The molecule has 0 aromatic carbocycles. The van der Waals surface area contributed by atoms with Gasteiger partial charge in [-0.15, -0.1) is 0 Å². The third-order valence-corrected chi connectivity index (χ3v) is 5.15. The first-order valence-electron chi connectivity index (χ1n) is 6.33. The molecule has 3 nitrogen and oxygen atoms in total. The van der Waals surface area contributed by atoms with Gasteiger partial charge in [-0.2, -0.15) is 0 Å². The Morgan fingerprint density at radius 1 is 1.25 bits per heavy atom. The minimum absolute atomic E-state index is 0.165. The summed E-state index contributed by atoms with van der Waals surface area (Å²) in [4.78, 5) is 11.2. The van der Waals surface area contributed by atoms with Gasteiger partial charge in [-0.3, -0.25) is 4.79 Å². The number of carbonyl (C=O) groups excluding carboxylic acids is 1. The molecule has 0 aliphatic heterocycles. The van der Waals surface area contributed by atoms with Crippen molar-refractivity contribution in [3.8, 4) is 0 Å². The van der Waals surface area contributed by atoms with Gasteiger partial charge in [-0.05, 0) is 56.8 Å². The predicted octanol–water partition coefficient (Wildman–Crippen LogP) is 1.88. The summed E-state index contributed by atoms with van der Waals surface area (Å²) in [5.41, 5.74) is -0.759. The second-order valence-corrected chi connectivity index (χ2v) is 6.35. The van der Waals surface area contributed by atoms with E-state index in [0.29, 0.717) is 17.8 Å². The van der Waals surface area contributed by atoms with Crippen LogP contribution < -0.4 is 0 Å². The van der Waals surface area contributed by atoms with Gasteiger partial charge in [0.25, 0.3) is 0 Å². The zero-order valence-corrected chi connectivity index (χ0v) is 10.0. The number of hydrogen-bond acceptors (Lipinski definition) is 3. The van der Waals surface area contributed by atoms with Crippen LogP contribution in [0.15, 0.2) is 0 Å². The second-order valence-electron chi connectivity index (χ2n) is 6.35. The Balaban J connectivity index is 1.89. The first-order valence-corrected chi connectivity index (χ1v) is 6.33. The molecule has 1 N–H and O–H groups in total. The molecule has 4 aliphatic rings. The van der Waals surface area contributed by atoms with Gasteiger partial charge in [-0.25, -0.2) is 0 Å². The van der Waals surface area contributed by atoms with Crippen molar-refractivity contribution in [2.75, 3.05) is 0 Å². The van der Waals surface area contributed by atoms with Crippen LogP contribution in [0.2, 0.25) is 0 Å². The maximum atomic E-state index is 11.2. The average Bonchev–Trinajstić information content (AvgIpc) is 2.11. The molecule has 16 heavy (non-hydrogen) atoms. The van der Waals surface area contributed by atoms with E-state index in [2.05, 4.69) is 0 Å². The lowest BCUT2D eigenvalue weighted by atomic mass is 9.48. The molecule has 4 saturated carbocycles. The van der Waals surface area contributed by atoms with Crippen molar-refractivity contribution in [2.24, 2.45) is 17.8 Å². The molecule has 3 unspecified atom stereocenters. The van der Waals surface area contributed by atoms with Crippen LogP contribution in [0.3, 0.4) is 0 Å². The van der Waals surface area contributed by atoms with Gasteiger partial charge >= 0.3 is 5.97 Å². The minimum atomic E-state index is -0.527. The number of esters is 1. The van der Waals surface area contributed by atoms with Gasteiger partial charge in [0.15, 0.2) is 0 Å². The molecule has 4 rings (SSSR count). The molecule has 3 heteroatoms. The summed E-state index contributed by atoms with van der Waals surface area (Å²) in [6.45, 7) is 3.47. The Kier molecular flexibility index (Phi) is 1.99. The molecular weight excluding hydrogens is 204 g/mol. The van der Waals surface area contributed by atoms with E-state index >= 15 is 0 Å². The number of rotatable bonds is 1. The van der Waals surface area contributed by atoms with E-state index in [1.54, 1.807) is 0 Å². The molecule has 0 radical (unpaired) electrons. The van der Waals surface area contributed by atoms with Crippen LogP contribution in [-0.4, -0.2) is 22.3 Å². The first-order chi connectivity index (χ1) is 7.41. The molecule has 0 amide bonds. The standard InChI is InChI=1S/C13H20O3/c1-8(14)16-13-5-9-3-10(6-13)12(2,15)11(4-9)7-13/h9-11,15H,3-7H2,1-2H3/t9?,10-,11+,12?,13?. The quantitative estimate of drug-likeness (QED) is 0.692. The molecular formula is C13H20O3. The van der Waals surface area contributed by atoms with E-state index in [-0.39, 0.29) is 11.6 Å². The van der Waals surface area contributed by atoms with Crippen LogP contribution in [0.1, 0.15) is 46.0 Å². The molecule has 4 fully saturated rings.